The number of hydrogen-bond acceptors (Lipinski definition) is 6. The largest absolute Gasteiger partial charge is 0.419 e. The average molecular weight is 411 g/mol. The van der Waals surface area contributed by atoms with Crippen molar-refractivity contribution in [2.24, 2.45) is 11.7 Å². The summed E-state index contributed by atoms with van der Waals surface area (Å²) in [6.07, 6.45) is 1.09. The molecule has 29 heavy (non-hydrogen) atoms. The van der Waals surface area contributed by atoms with E-state index in [0.29, 0.717) is 31.5 Å². The molecule has 1 aliphatic rings. The lowest BCUT2D eigenvalue weighted by atomic mass is 9.96. The van der Waals surface area contributed by atoms with Crippen LogP contribution in [-0.2, 0) is 14.6 Å². The first-order chi connectivity index (χ1) is 14.0. The van der Waals surface area contributed by atoms with Gasteiger partial charge in [0, 0.05) is 24.6 Å². The third-order valence-corrected chi connectivity index (χ3v) is 6.76. The molecule has 1 fully saturated rings. The van der Waals surface area contributed by atoms with Gasteiger partial charge in [0.25, 0.3) is 0 Å². The van der Waals surface area contributed by atoms with Crippen molar-refractivity contribution in [3.8, 4) is 11.5 Å². The predicted molar refractivity (Wildman–Crippen MR) is 108 cm³/mol. The summed E-state index contributed by atoms with van der Waals surface area (Å²) in [6.45, 7) is 0.933. The van der Waals surface area contributed by atoms with Crippen LogP contribution in [-0.4, -0.2) is 32.4 Å². The summed E-state index contributed by atoms with van der Waals surface area (Å²) >= 11 is 0. The minimum Gasteiger partial charge on any atom is -0.419 e. The molecule has 0 spiro atoms. The quantitative estimate of drug-likeness (QED) is 0.692. The Morgan fingerprint density at radius 3 is 2.17 bits per heavy atom. The van der Waals surface area contributed by atoms with Crippen molar-refractivity contribution in [3.05, 3.63) is 60.7 Å². The summed E-state index contributed by atoms with van der Waals surface area (Å²) in [5.41, 5.74) is 6.11. The first kappa shape index (κ1) is 19.2. The van der Waals surface area contributed by atoms with Crippen LogP contribution in [0.25, 0.3) is 11.5 Å². The van der Waals surface area contributed by atoms with Gasteiger partial charge in [-0.25, -0.2) is 8.42 Å². The molecule has 3 aromatic rings. The van der Waals surface area contributed by atoms with E-state index in [1.165, 1.54) is 12.1 Å². The number of nitrogens with zero attached hydrogens (tertiary/aromatic N) is 2. The molecule has 0 aliphatic carbocycles. The molecular weight excluding hydrogens is 390 g/mol. The summed E-state index contributed by atoms with van der Waals surface area (Å²) < 4.78 is 32.5. The Kier molecular flexibility index (Phi) is 5.10. The molecule has 7 nitrogen and oxygen atoms in total. The maximum Gasteiger partial charge on any atom is 0.236 e. The van der Waals surface area contributed by atoms with Gasteiger partial charge in [-0.3, -0.25) is 4.79 Å². The SMILES string of the molecule is NC(=O)C1CCN(c2oc(-c3ccccc3)nc2S(=O)(=O)c2ccccc2)CC1. The van der Waals surface area contributed by atoms with Gasteiger partial charge in [0.15, 0.2) is 0 Å². The Hall–Kier alpha value is -3.13. The fourth-order valence-corrected chi connectivity index (χ4v) is 4.80. The lowest BCUT2D eigenvalue weighted by Gasteiger charge is -2.30. The molecule has 0 radical (unpaired) electrons. The molecule has 1 aromatic heterocycles. The number of amides is 1. The monoisotopic (exact) mass is 411 g/mol. The highest BCUT2D eigenvalue weighted by Crippen LogP contribution is 2.36. The van der Waals surface area contributed by atoms with Gasteiger partial charge in [-0.15, -0.1) is 0 Å². The molecule has 2 aromatic carbocycles. The smallest absolute Gasteiger partial charge is 0.236 e. The molecule has 2 heterocycles. The minimum atomic E-state index is -3.87. The molecular formula is C21H21N3O4S. The van der Waals surface area contributed by atoms with Crippen LogP contribution >= 0.6 is 0 Å². The van der Waals surface area contributed by atoms with Crippen molar-refractivity contribution < 1.29 is 17.6 Å². The van der Waals surface area contributed by atoms with Crippen molar-refractivity contribution in [2.75, 3.05) is 18.0 Å². The number of benzene rings is 2. The number of primary amides is 1. The number of nitrogens with two attached hydrogens (primary N) is 1. The number of oxazole rings is 1. The molecule has 1 saturated heterocycles. The minimum absolute atomic E-state index is 0.111. The second-order valence-electron chi connectivity index (χ2n) is 6.98. The normalized spacial score (nSPS) is 15.4. The van der Waals surface area contributed by atoms with Crippen molar-refractivity contribution in [1.29, 1.82) is 0 Å². The van der Waals surface area contributed by atoms with E-state index >= 15 is 0 Å². The van der Waals surface area contributed by atoms with Gasteiger partial charge in [0.2, 0.25) is 32.5 Å². The van der Waals surface area contributed by atoms with Crippen LogP contribution < -0.4 is 10.6 Å². The third kappa shape index (κ3) is 3.75. The number of sulfone groups is 1. The summed E-state index contributed by atoms with van der Waals surface area (Å²) in [6, 6.07) is 17.3. The fraction of sp³-hybridized carbons (Fsp3) is 0.238. The highest BCUT2D eigenvalue weighted by atomic mass is 32.2. The van der Waals surface area contributed by atoms with E-state index in [4.69, 9.17) is 10.2 Å². The van der Waals surface area contributed by atoms with Crippen LogP contribution in [0.4, 0.5) is 5.88 Å². The Labute approximate surface area is 169 Å². The van der Waals surface area contributed by atoms with Gasteiger partial charge in [-0.1, -0.05) is 36.4 Å². The highest BCUT2D eigenvalue weighted by Gasteiger charge is 2.33. The first-order valence-corrected chi connectivity index (χ1v) is 10.9. The van der Waals surface area contributed by atoms with Gasteiger partial charge < -0.3 is 15.1 Å². The first-order valence-electron chi connectivity index (χ1n) is 9.37. The molecule has 0 atom stereocenters. The van der Waals surface area contributed by atoms with Gasteiger partial charge in [0.05, 0.1) is 4.90 Å². The Morgan fingerprint density at radius 1 is 1.00 bits per heavy atom. The predicted octanol–water partition coefficient (Wildman–Crippen LogP) is 2.88. The Bertz CT molecular complexity index is 1100. The topological polar surface area (TPSA) is 106 Å². The Morgan fingerprint density at radius 2 is 1.59 bits per heavy atom. The lowest BCUT2D eigenvalue weighted by molar-refractivity contribution is -0.122. The van der Waals surface area contributed by atoms with E-state index in [1.54, 1.807) is 18.2 Å². The number of piperidine rings is 1. The van der Waals surface area contributed by atoms with Crippen molar-refractivity contribution in [1.82, 2.24) is 4.98 Å². The summed E-state index contributed by atoms with van der Waals surface area (Å²) in [5, 5.41) is -0.111. The number of hydrogen-bond donors (Lipinski definition) is 1. The highest BCUT2D eigenvalue weighted by molar-refractivity contribution is 7.91. The summed E-state index contributed by atoms with van der Waals surface area (Å²) in [4.78, 5) is 17.8. The number of carbonyl (C=O) groups is 1. The maximum absolute atomic E-state index is 13.3. The molecule has 0 unspecified atom stereocenters. The zero-order valence-corrected chi connectivity index (χ0v) is 16.5. The third-order valence-electron chi connectivity index (χ3n) is 5.09. The molecule has 0 saturated carbocycles. The van der Waals surface area contributed by atoms with E-state index in [1.807, 2.05) is 35.2 Å². The number of anilines is 1. The molecule has 8 heteroatoms. The lowest BCUT2D eigenvalue weighted by Crippen LogP contribution is -2.38. The number of rotatable bonds is 5. The zero-order valence-electron chi connectivity index (χ0n) is 15.7. The molecule has 4 rings (SSSR count). The van der Waals surface area contributed by atoms with Crippen LogP contribution in [0, 0.1) is 5.92 Å². The average Bonchev–Trinajstić information content (AvgIpc) is 3.21. The number of carbonyl (C=O) groups excluding carboxylic acids is 1. The van der Waals surface area contributed by atoms with Gasteiger partial charge in [0.1, 0.15) is 0 Å². The molecule has 150 valence electrons. The molecule has 1 aliphatic heterocycles. The van der Waals surface area contributed by atoms with E-state index in [9.17, 15) is 13.2 Å². The molecule has 2 N–H and O–H groups in total. The van der Waals surface area contributed by atoms with Gasteiger partial charge >= 0.3 is 0 Å². The molecule has 0 bridgehead atoms. The second kappa shape index (κ2) is 7.71. The van der Waals surface area contributed by atoms with Gasteiger partial charge in [-0.2, -0.15) is 4.98 Å². The standard InChI is InChI=1S/C21H21N3O4S/c22-18(25)15-11-13-24(14-12-15)21-20(29(26,27)17-9-5-2-6-10-17)23-19(28-21)16-7-3-1-4-8-16/h1-10,15H,11-14H2,(H2,22,25). The Balaban J connectivity index is 1.77. The maximum atomic E-state index is 13.3. The number of aromatic nitrogens is 1. The molecule has 1 amide bonds. The van der Waals surface area contributed by atoms with E-state index in [-0.39, 0.29) is 33.5 Å². The van der Waals surface area contributed by atoms with Crippen LogP contribution in [0.1, 0.15) is 12.8 Å². The fourth-order valence-electron chi connectivity index (χ4n) is 3.46. The van der Waals surface area contributed by atoms with Crippen molar-refractivity contribution >= 4 is 21.6 Å². The van der Waals surface area contributed by atoms with Crippen LogP contribution in [0.5, 0.6) is 0 Å². The zero-order chi connectivity index (χ0) is 20.4. The van der Waals surface area contributed by atoms with Crippen molar-refractivity contribution in [2.45, 2.75) is 22.8 Å². The van der Waals surface area contributed by atoms with Crippen LogP contribution in [0.15, 0.2) is 75.0 Å². The summed E-state index contributed by atoms with van der Waals surface area (Å²) in [5.74, 6) is -0.0935. The van der Waals surface area contributed by atoms with Gasteiger partial charge in [-0.05, 0) is 37.1 Å². The van der Waals surface area contributed by atoms with Crippen LogP contribution in [0.2, 0.25) is 0 Å². The summed E-state index contributed by atoms with van der Waals surface area (Å²) in [7, 11) is -3.87. The van der Waals surface area contributed by atoms with E-state index < -0.39 is 9.84 Å². The van der Waals surface area contributed by atoms with Crippen molar-refractivity contribution in [3.63, 3.8) is 0 Å². The van der Waals surface area contributed by atoms with Crippen LogP contribution in [0.3, 0.4) is 0 Å². The van der Waals surface area contributed by atoms with E-state index in [2.05, 4.69) is 4.98 Å². The van der Waals surface area contributed by atoms with E-state index in [0.717, 1.165) is 0 Å². The second-order valence-corrected chi connectivity index (χ2v) is 8.84.